The molecule has 0 atom stereocenters. The van der Waals surface area contributed by atoms with Gasteiger partial charge in [0.05, 0.1) is 22.1 Å². The lowest BCUT2D eigenvalue weighted by molar-refractivity contribution is 0.975. The number of aromatic nitrogens is 2. The topological polar surface area (TPSA) is 9.86 Å². The van der Waals surface area contributed by atoms with Crippen LogP contribution < -0.4 is 0 Å². The van der Waals surface area contributed by atoms with Crippen LogP contribution in [-0.4, -0.2) is 9.13 Å². The molecule has 0 N–H and O–H groups in total. The van der Waals surface area contributed by atoms with E-state index < -0.39 is 0 Å². The van der Waals surface area contributed by atoms with Gasteiger partial charge < -0.3 is 9.13 Å². The van der Waals surface area contributed by atoms with Crippen molar-refractivity contribution in [1.29, 1.82) is 0 Å². The third-order valence-corrected chi connectivity index (χ3v) is 10.5. The Morgan fingerprint density at radius 1 is 0.275 bits per heavy atom. The molecule has 2 aromatic heterocycles. The molecule has 0 aliphatic heterocycles. The molecule has 0 amide bonds. The Bertz CT molecular complexity index is 2770. The SMILES string of the molecule is c1ccc(-c2ccc(-n3c4ccccc4c4c5c6ccccc6n(-c6ccc(C(c7ccccc7)c7ccccc7)cc6)c5ccc43)cc2)cc1. The highest BCUT2D eigenvalue weighted by Gasteiger charge is 2.21. The van der Waals surface area contributed by atoms with Crippen LogP contribution in [0.3, 0.4) is 0 Å². The van der Waals surface area contributed by atoms with Gasteiger partial charge in [-0.3, -0.25) is 0 Å². The first-order chi connectivity index (χ1) is 25.3. The Hall–Kier alpha value is -6.64. The van der Waals surface area contributed by atoms with Gasteiger partial charge in [0.25, 0.3) is 0 Å². The van der Waals surface area contributed by atoms with E-state index in [4.69, 9.17) is 0 Å². The van der Waals surface area contributed by atoms with Gasteiger partial charge in [-0.15, -0.1) is 0 Å². The van der Waals surface area contributed by atoms with Crippen molar-refractivity contribution in [2.75, 3.05) is 0 Å². The molecule has 0 aliphatic carbocycles. The van der Waals surface area contributed by atoms with Crippen LogP contribution in [0.1, 0.15) is 22.6 Å². The summed E-state index contributed by atoms with van der Waals surface area (Å²) in [5.41, 5.74) is 13.5. The second-order valence-corrected chi connectivity index (χ2v) is 13.3. The largest absolute Gasteiger partial charge is 0.309 e. The minimum Gasteiger partial charge on any atom is -0.309 e. The first kappa shape index (κ1) is 29.3. The maximum atomic E-state index is 2.44. The van der Waals surface area contributed by atoms with E-state index in [9.17, 15) is 0 Å². The maximum Gasteiger partial charge on any atom is 0.0548 e. The van der Waals surface area contributed by atoms with Crippen LogP contribution >= 0.6 is 0 Å². The van der Waals surface area contributed by atoms with E-state index in [2.05, 4.69) is 209 Å². The van der Waals surface area contributed by atoms with Crippen molar-refractivity contribution in [2.45, 2.75) is 5.92 Å². The molecular formula is C49H34N2. The van der Waals surface area contributed by atoms with Crippen LogP contribution in [0, 0.1) is 0 Å². The van der Waals surface area contributed by atoms with Crippen molar-refractivity contribution in [2.24, 2.45) is 0 Å². The zero-order valence-electron chi connectivity index (χ0n) is 28.0. The van der Waals surface area contributed by atoms with Crippen LogP contribution in [0.25, 0.3) is 66.1 Å². The van der Waals surface area contributed by atoms with Crippen molar-refractivity contribution in [3.8, 4) is 22.5 Å². The number of fused-ring (bicyclic) bond motifs is 7. The molecule has 0 aliphatic rings. The Morgan fingerprint density at radius 2 is 0.647 bits per heavy atom. The molecule has 240 valence electrons. The van der Waals surface area contributed by atoms with E-state index >= 15 is 0 Å². The molecule has 0 unspecified atom stereocenters. The Kier molecular flexibility index (Phi) is 6.92. The number of nitrogens with zero attached hydrogens (tertiary/aromatic N) is 2. The first-order valence-corrected chi connectivity index (χ1v) is 17.6. The summed E-state index contributed by atoms with van der Waals surface area (Å²) in [4.78, 5) is 0. The summed E-state index contributed by atoms with van der Waals surface area (Å²) < 4.78 is 4.86. The number of hydrogen-bond acceptors (Lipinski definition) is 0. The summed E-state index contributed by atoms with van der Waals surface area (Å²) in [6, 6.07) is 72.8. The Morgan fingerprint density at radius 3 is 1.14 bits per heavy atom. The first-order valence-electron chi connectivity index (χ1n) is 17.6. The van der Waals surface area contributed by atoms with Crippen LogP contribution in [0.5, 0.6) is 0 Å². The third kappa shape index (κ3) is 4.80. The summed E-state index contributed by atoms with van der Waals surface area (Å²) in [6.45, 7) is 0. The Balaban J connectivity index is 1.16. The molecule has 8 aromatic carbocycles. The van der Waals surface area contributed by atoms with Gasteiger partial charge in [0.2, 0.25) is 0 Å². The van der Waals surface area contributed by atoms with Crippen molar-refractivity contribution in [3.05, 3.63) is 217 Å². The minimum atomic E-state index is 0.159. The molecule has 10 aromatic rings. The quantitative estimate of drug-likeness (QED) is 0.159. The van der Waals surface area contributed by atoms with E-state index in [0.717, 1.165) is 11.4 Å². The lowest BCUT2D eigenvalue weighted by atomic mass is 9.85. The zero-order chi connectivity index (χ0) is 33.7. The monoisotopic (exact) mass is 650 g/mol. The van der Waals surface area contributed by atoms with E-state index in [1.807, 2.05) is 0 Å². The van der Waals surface area contributed by atoms with Gasteiger partial charge in [-0.05, 0) is 76.3 Å². The molecule has 51 heavy (non-hydrogen) atoms. The van der Waals surface area contributed by atoms with E-state index in [-0.39, 0.29) is 5.92 Å². The van der Waals surface area contributed by atoms with Gasteiger partial charge in [-0.25, -0.2) is 0 Å². The zero-order valence-corrected chi connectivity index (χ0v) is 28.0. The van der Waals surface area contributed by atoms with E-state index in [1.165, 1.54) is 71.4 Å². The molecule has 2 heteroatoms. The van der Waals surface area contributed by atoms with Crippen molar-refractivity contribution < 1.29 is 0 Å². The number of para-hydroxylation sites is 2. The molecule has 0 bridgehead atoms. The van der Waals surface area contributed by atoms with Crippen molar-refractivity contribution in [3.63, 3.8) is 0 Å². The molecule has 0 spiro atoms. The molecule has 2 nitrogen and oxygen atoms in total. The fourth-order valence-corrected chi connectivity index (χ4v) is 8.19. The molecule has 0 fully saturated rings. The predicted molar refractivity (Wildman–Crippen MR) is 214 cm³/mol. The van der Waals surface area contributed by atoms with E-state index in [0.29, 0.717) is 0 Å². The summed E-state index contributed by atoms with van der Waals surface area (Å²) in [5, 5.41) is 5.09. The number of benzene rings is 8. The highest BCUT2D eigenvalue weighted by Crippen LogP contribution is 2.43. The highest BCUT2D eigenvalue weighted by molar-refractivity contribution is 6.28. The summed E-state index contributed by atoms with van der Waals surface area (Å²) >= 11 is 0. The van der Waals surface area contributed by atoms with Crippen molar-refractivity contribution in [1.82, 2.24) is 9.13 Å². The maximum absolute atomic E-state index is 2.44. The second-order valence-electron chi connectivity index (χ2n) is 13.3. The molecule has 10 rings (SSSR count). The molecule has 0 radical (unpaired) electrons. The second kappa shape index (κ2) is 12.0. The average molecular weight is 651 g/mol. The summed E-state index contributed by atoms with van der Waals surface area (Å²) in [7, 11) is 0. The van der Waals surface area contributed by atoms with Gasteiger partial charge in [0.15, 0.2) is 0 Å². The van der Waals surface area contributed by atoms with Crippen LogP contribution in [0.4, 0.5) is 0 Å². The smallest absolute Gasteiger partial charge is 0.0548 e. The average Bonchev–Trinajstić information content (AvgIpc) is 3.72. The summed E-state index contributed by atoms with van der Waals surface area (Å²) in [6.07, 6.45) is 0. The number of hydrogen-bond donors (Lipinski definition) is 0. The standard InChI is InChI=1S/C49H34N2/c1-4-14-34(15-5-1)35-24-28-39(29-25-35)50-43-22-12-10-20-41(43)48-45(50)32-33-46-49(48)42-21-11-13-23-44(42)51(46)40-30-26-38(27-31-40)47(36-16-6-2-7-17-36)37-18-8-3-9-19-37/h1-33,47H. The van der Waals surface area contributed by atoms with Crippen LogP contribution in [0.2, 0.25) is 0 Å². The van der Waals surface area contributed by atoms with Crippen LogP contribution in [-0.2, 0) is 0 Å². The molecule has 2 heterocycles. The van der Waals surface area contributed by atoms with Gasteiger partial charge in [-0.2, -0.15) is 0 Å². The summed E-state index contributed by atoms with van der Waals surface area (Å²) in [5.74, 6) is 0.159. The van der Waals surface area contributed by atoms with Gasteiger partial charge in [0.1, 0.15) is 0 Å². The lowest BCUT2D eigenvalue weighted by Gasteiger charge is -2.19. The molecule has 0 saturated carbocycles. The van der Waals surface area contributed by atoms with Gasteiger partial charge in [0, 0.05) is 38.8 Å². The lowest BCUT2D eigenvalue weighted by Crippen LogP contribution is -2.04. The third-order valence-electron chi connectivity index (χ3n) is 10.5. The van der Waals surface area contributed by atoms with E-state index in [1.54, 1.807) is 0 Å². The normalized spacial score (nSPS) is 11.7. The Labute approximate surface area is 297 Å². The molecule has 0 saturated heterocycles. The van der Waals surface area contributed by atoms with Gasteiger partial charge in [-0.1, -0.05) is 152 Å². The number of rotatable bonds is 6. The van der Waals surface area contributed by atoms with Crippen molar-refractivity contribution >= 4 is 43.6 Å². The minimum absolute atomic E-state index is 0.159. The predicted octanol–water partition coefficient (Wildman–Crippen LogP) is 12.7. The van der Waals surface area contributed by atoms with Gasteiger partial charge >= 0.3 is 0 Å². The fraction of sp³-hybridized carbons (Fsp3) is 0.0204. The molecular weight excluding hydrogens is 617 g/mol. The highest BCUT2D eigenvalue weighted by atomic mass is 15.0. The fourth-order valence-electron chi connectivity index (χ4n) is 8.19. The van der Waals surface area contributed by atoms with Crippen LogP contribution in [0.15, 0.2) is 200 Å².